The van der Waals surface area contributed by atoms with Gasteiger partial charge in [-0.3, -0.25) is 24.5 Å². The predicted octanol–water partition coefficient (Wildman–Crippen LogP) is 3.08. The van der Waals surface area contributed by atoms with Crippen LogP contribution < -0.4 is 10.6 Å². The van der Waals surface area contributed by atoms with Gasteiger partial charge < -0.3 is 20.4 Å². The number of halogens is 3. The zero-order valence-corrected chi connectivity index (χ0v) is 21.1. The minimum Gasteiger partial charge on any atom is -0.369 e. The second-order valence-corrected chi connectivity index (χ2v) is 10.3. The van der Waals surface area contributed by atoms with Gasteiger partial charge in [0.2, 0.25) is 11.8 Å². The minimum atomic E-state index is -3.44. The number of nitrogens with zero attached hydrogens (tertiary/aromatic N) is 3. The molecule has 0 aromatic heterocycles. The molecule has 0 radical (unpaired) electrons. The predicted molar refractivity (Wildman–Crippen MR) is 130 cm³/mol. The molecule has 13 heteroatoms. The maximum absolute atomic E-state index is 15.1. The van der Waals surface area contributed by atoms with Crippen molar-refractivity contribution in [2.24, 2.45) is 0 Å². The van der Waals surface area contributed by atoms with E-state index in [1.807, 2.05) is 0 Å². The standard InChI is InChI=1S/C23H26BrF2N5O5/c1-13-7-14(8-19(32)27-13)21(33)30-11-18(23(25,26)12-30)28-20-16(9-15(24)10-17(20)31(35)36)22(34)29-5-3-2-4-6-29/h8-10,13,18,28H,2-7,11-12H2,1H3,(H,27,32)/t13?,18-/m0/s1. The van der Waals surface area contributed by atoms with Gasteiger partial charge in [-0.05, 0) is 38.7 Å². The Bertz CT molecular complexity index is 1140. The molecule has 3 amide bonds. The first-order valence-corrected chi connectivity index (χ1v) is 12.5. The van der Waals surface area contributed by atoms with Crippen molar-refractivity contribution in [1.82, 2.24) is 15.1 Å². The lowest BCUT2D eigenvalue weighted by atomic mass is 10.0. The summed E-state index contributed by atoms with van der Waals surface area (Å²) in [6, 6.07) is 0.546. The van der Waals surface area contributed by atoms with E-state index < -0.39 is 53.4 Å². The summed E-state index contributed by atoms with van der Waals surface area (Å²) in [5.41, 5.74) is -0.786. The third kappa shape index (κ3) is 5.35. The number of piperidine rings is 1. The Morgan fingerprint density at radius 2 is 1.89 bits per heavy atom. The van der Waals surface area contributed by atoms with Gasteiger partial charge in [-0.1, -0.05) is 15.9 Å². The van der Waals surface area contributed by atoms with Gasteiger partial charge in [0.05, 0.1) is 17.0 Å². The third-order valence-electron chi connectivity index (χ3n) is 6.57. The van der Waals surface area contributed by atoms with Gasteiger partial charge in [-0.25, -0.2) is 8.78 Å². The average Bonchev–Trinajstić information content (AvgIpc) is 3.12. The van der Waals surface area contributed by atoms with Gasteiger partial charge in [0, 0.05) is 47.9 Å². The van der Waals surface area contributed by atoms with Crippen LogP contribution >= 0.6 is 15.9 Å². The summed E-state index contributed by atoms with van der Waals surface area (Å²) in [6.07, 6.45) is 3.85. The van der Waals surface area contributed by atoms with Crippen LogP contribution in [0.5, 0.6) is 0 Å². The number of benzene rings is 1. The molecule has 10 nitrogen and oxygen atoms in total. The Morgan fingerprint density at radius 1 is 1.19 bits per heavy atom. The number of anilines is 1. The Labute approximate surface area is 214 Å². The monoisotopic (exact) mass is 569 g/mol. The van der Waals surface area contributed by atoms with E-state index in [0.29, 0.717) is 13.1 Å². The largest absolute Gasteiger partial charge is 0.369 e. The molecule has 2 saturated heterocycles. The molecule has 3 heterocycles. The van der Waals surface area contributed by atoms with E-state index in [-0.39, 0.29) is 33.8 Å². The number of rotatable bonds is 5. The third-order valence-corrected chi connectivity index (χ3v) is 7.03. The highest BCUT2D eigenvalue weighted by molar-refractivity contribution is 9.10. The number of hydrogen-bond donors (Lipinski definition) is 2. The minimum absolute atomic E-state index is 0.0842. The van der Waals surface area contributed by atoms with Crippen LogP contribution in [-0.4, -0.2) is 76.6 Å². The first-order chi connectivity index (χ1) is 17.0. The van der Waals surface area contributed by atoms with Crippen molar-refractivity contribution >= 4 is 45.0 Å². The van der Waals surface area contributed by atoms with Crippen LogP contribution in [0.2, 0.25) is 0 Å². The molecule has 1 aromatic carbocycles. The zero-order valence-electron chi connectivity index (χ0n) is 19.6. The molecule has 0 aliphatic carbocycles. The highest BCUT2D eigenvalue weighted by Gasteiger charge is 2.51. The van der Waals surface area contributed by atoms with Gasteiger partial charge in [0.1, 0.15) is 11.7 Å². The number of alkyl halides is 2. The normalized spacial score (nSPS) is 23.7. The van der Waals surface area contributed by atoms with Gasteiger partial charge in [-0.15, -0.1) is 0 Å². The maximum atomic E-state index is 15.1. The molecule has 4 rings (SSSR count). The fourth-order valence-electron chi connectivity index (χ4n) is 4.82. The highest BCUT2D eigenvalue weighted by Crippen LogP contribution is 2.38. The molecule has 3 aliphatic heterocycles. The molecule has 1 aromatic rings. The van der Waals surface area contributed by atoms with Crippen molar-refractivity contribution in [2.75, 3.05) is 31.5 Å². The Morgan fingerprint density at radius 3 is 2.53 bits per heavy atom. The smallest absolute Gasteiger partial charge is 0.294 e. The van der Waals surface area contributed by atoms with Crippen molar-refractivity contribution in [3.8, 4) is 0 Å². The highest BCUT2D eigenvalue weighted by atomic mass is 79.9. The zero-order chi connectivity index (χ0) is 26.2. The van der Waals surface area contributed by atoms with Crippen molar-refractivity contribution in [3.05, 3.63) is 43.9 Å². The van der Waals surface area contributed by atoms with Gasteiger partial charge in [0.25, 0.3) is 17.5 Å². The van der Waals surface area contributed by atoms with E-state index in [4.69, 9.17) is 0 Å². The van der Waals surface area contributed by atoms with Gasteiger partial charge in [-0.2, -0.15) is 0 Å². The Hall–Kier alpha value is -3.09. The molecular formula is C23H26BrF2N5O5. The molecule has 0 saturated carbocycles. The van der Waals surface area contributed by atoms with Crippen LogP contribution in [0.3, 0.4) is 0 Å². The molecule has 2 atom stereocenters. The van der Waals surface area contributed by atoms with Gasteiger partial charge >= 0.3 is 0 Å². The molecule has 0 spiro atoms. The summed E-state index contributed by atoms with van der Waals surface area (Å²) in [7, 11) is 0. The van der Waals surface area contributed by atoms with E-state index in [0.717, 1.165) is 36.3 Å². The molecule has 36 heavy (non-hydrogen) atoms. The molecule has 0 bridgehead atoms. The van der Waals surface area contributed by atoms with Crippen LogP contribution in [-0.2, 0) is 9.59 Å². The molecule has 1 unspecified atom stereocenters. The van der Waals surface area contributed by atoms with E-state index >= 15 is 8.78 Å². The van der Waals surface area contributed by atoms with Crippen LogP contribution in [0.25, 0.3) is 0 Å². The van der Waals surface area contributed by atoms with Crippen molar-refractivity contribution < 1.29 is 28.1 Å². The second-order valence-electron chi connectivity index (χ2n) is 9.38. The van der Waals surface area contributed by atoms with Crippen molar-refractivity contribution in [2.45, 2.75) is 50.6 Å². The van der Waals surface area contributed by atoms with E-state index in [9.17, 15) is 24.5 Å². The lowest BCUT2D eigenvalue weighted by molar-refractivity contribution is -0.384. The first kappa shape index (κ1) is 26.0. The fraction of sp³-hybridized carbons (Fsp3) is 0.522. The van der Waals surface area contributed by atoms with Gasteiger partial charge in [0.15, 0.2) is 0 Å². The number of nitro groups is 1. The van der Waals surface area contributed by atoms with E-state index in [2.05, 4.69) is 26.6 Å². The molecule has 2 N–H and O–H groups in total. The Balaban J connectivity index is 1.63. The summed E-state index contributed by atoms with van der Waals surface area (Å²) < 4.78 is 30.5. The Kier molecular flexibility index (Phi) is 7.30. The number of carbonyl (C=O) groups excluding carboxylic acids is 3. The molecule has 3 aliphatic rings. The van der Waals surface area contributed by atoms with E-state index in [1.54, 1.807) is 11.8 Å². The SMILES string of the molecule is CC1CC(C(=O)N2C[C@H](Nc3c(C(=O)N4CCCCC4)cc(Br)cc3[N+](=O)[O-])C(F)(F)C2)=CC(=O)N1. The number of nitro benzene ring substituents is 1. The first-order valence-electron chi connectivity index (χ1n) is 11.7. The number of nitrogens with one attached hydrogen (secondary N) is 2. The van der Waals surface area contributed by atoms with Crippen molar-refractivity contribution in [1.29, 1.82) is 0 Å². The lowest BCUT2D eigenvalue weighted by Crippen LogP contribution is -2.40. The van der Waals surface area contributed by atoms with E-state index in [1.165, 1.54) is 6.07 Å². The van der Waals surface area contributed by atoms with Crippen LogP contribution in [0.1, 0.15) is 43.0 Å². The number of carbonyl (C=O) groups is 3. The number of amides is 3. The second kappa shape index (κ2) is 10.1. The van der Waals surface area contributed by atoms with Crippen LogP contribution in [0.4, 0.5) is 20.2 Å². The summed E-state index contributed by atoms with van der Waals surface area (Å²) in [5.74, 6) is -5.08. The molecular weight excluding hydrogens is 544 g/mol. The topological polar surface area (TPSA) is 125 Å². The number of likely N-dealkylation sites (tertiary alicyclic amines) is 2. The average molecular weight is 570 g/mol. The molecule has 2 fully saturated rings. The molecule has 194 valence electrons. The lowest BCUT2D eigenvalue weighted by Gasteiger charge is -2.28. The summed E-state index contributed by atoms with van der Waals surface area (Å²) >= 11 is 3.18. The summed E-state index contributed by atoms with van der Waals surface area (Å²) in [4.78, 5) is 51.5. The summed E-state index contributed by atoms with van der Waals surface area (Å²) in [6.45, 7) is 1.28. The van der Waals surface area contributed by atoms with Crippen LogP contribution in [0.15, 0.2) is 28.3 Å². The quantitative estimate of drug-likeness (QED) is 0.414. The van der Waals surface area contributed by atoms with Crippen LogP contribution in [0, 0.1) is 10.1 Å². The van der Waals surface area contributed by atoms with Crippen molar-refractivity contribution in [3.63, 3.8) is 0 Å². The summed E-state index contributed by atoms with van der Waals surface area (Å²) in [5, 5.41) is 17.0. The fourth-order valence-corrected chi connectivity index (χ4v) is 5.27. The maximum Gasteiger partial charge on any atom is 0.294 e. The number of hydrogen-bond acceptors (Lipinski definition) is 6.